The minimum absolute atomic E-state index is 0.0532. The first kappa shape index (κ1) is 16.4. The summed E-state index contributed by atoms with van der Waals surface area (Å²) in [6.07, 6.45) is 0.485. The molecule has 0 aliphatic carbocycles. The molecule has 2 N–H and O–H groups in total. The zero-order chi connectivity index (χ0) is 16.8. The van der Waals surface area contributed by atoms with E-state index in [1.54, 1.807) is 25.1 Å². The Labute approximate surface area is 132 Å². The van der Waals surface area contributed by atoms with Crippen molar-refractivity contribution in [1.82, 2.24) is 5.32 Å². The molecular formula is C16H16FN3O3. The first-order valence-corrected chi connectivity index (χ1v) is 7.00. The maximum atomic E-state index is 13.0. The maximum Gasteiger partial charge on any atom is 0.319 e. The summed E-state index contributed by atoms with van der Waals surface area (Å²) in [5, 5.41) is 16.1. The maximum absolute atomic E-state index is 13.0. The van der Waals surface area contributed by atoms with Crippen molar-refractivity contribution in [3.8, 4) is 0 Å². The van der Waals surface area contributed by atoms with Crippen LogP contribution in [-0.2, 0) is 6.42 Å². The zero-order valence-electron chi connectivity index (χ0n) is 12.5. The molecule has 23 heavy (non-hydrogen) atoms. The monoisotopic (exact) mass is 317 g/mol. The Bertz CT molecular complexity index is 734. The zero-order valence-corrected chi connectivity index (χ0v) is 12.5. The minimum Gasteiger partial charge on any atom is -0.338 e. The van der Waals surface area contributed by atoms with Gasteiger partial charge in [-0.25, -0.2) is 9.18 Å². The van der Waals surface area contributed by atoms with Crippen molar-refractivity contribution in [3.05, 3.63) is 69.5 Å². The molecule has 120 valence electrons. The van der Waals surface area contributed by atoms with Gasteiger partial charge in [0, 0.05) is 12.6 Å². The van der Waals surface area contributed by atoms with Crippen LogP contribution in [0.4, 0.5) is 20.6 Å². The molecule has 6 nitrogen and oxygen atoms in total. The van der Waals surface area contributed by atoms with E-state index in [0.717, 1.165) is 5.56 Å². The number of hydrogen-bond acceptors (Lipinski definition) is 3. The Morgan fingerprint density at radius 1 is 1.26 bits per heavy atom. The van der Waals surface area contributed by atoms with Gasteiger partial charge in [0.1, 0.15) is 5.82 Å². The SMILES string of the molecule is Cc1c(NC(=O)NCCc2cccc(F)c2)cccc1[N+](=O)[O-]. The third-order valence-corrected chi connectivity index (χ3v) is 3.34. The average Bonchev–Trinajstić information content (AvgIpc) is 2.49. The van der Waals surface area contributed by atoms with Gasteiger partial charge in [0.15, 0.2) is 0 Å². The molecule has 0 spiro atoms. The molecule has 0 atom stereocenters. The number of amides is 2. The predicted molar refractivity (Wildman–Crippen MR) is 85.0 cm³/mol. The number of urea groups is 1. The normalized spacial score (nSPS) is 10.2. The molecule has 2 rings (SSSR count). The van der Waals surface area contributed by atoms with Crippen LogP contribution in [0.5, 0.6) is 0 Å². The van der Waals surface area contributed by atoms with E-state index in [-0.39, 0.29) is 11.5 Å². The number of hydrogen-bond donors (Lipinski definition) is 2. The third-order valence-electron chi connectivity index (χ3n) is 3.34. The van der Waals surface area contributed by atoms with Crippen LogP contribution in [0.1, 0.15) is 11.1 Å². The summed E-state index contributed by atoms with van der Waals surface area (Å²) in [6, 6.07) is 10.2. The van der Waals surface area contributed by atoms with E-state index in [4.69, 9.17) is 0 Å². The summed E-state index contributed by atoms with van der Waals surface area (Å²) in [5.41, 5.74) is 1.49. The van der Waals surface area contributed by atoms with Gasteiger partial charge in [0.05, 0.1) is 16.2 Å². The molecule has 0 aliphatic heterocycles. The van der Waals surface area contributed by atoms with Crippen LogP contribution in [0.15, 0.2) is 42.5 Å². The van der Waals surface area contributed by atoms with Crippen molar-refractivity contribution in [2.75, 3.05) is 11.9 Å². The molecule has 2 aromatic rings. The van der Waals surface area contributed by atoms with E-state index in [2.05, 4.69) is 10.6 Å². The summed E-state index contributed by atoms with van der Waals surface area (Å²) >= 11 is 0. The van der Waals surface area contributed by atoms with E-state index in [0.29, 0.717) is 24.2 Å². The number of nitro benzene ring substituents is 1. The van der Waals surface area contributed by atoms with Gasteiger partial charge in [-0.1, -0.05) is 18.2 Å². The van der Waals surface area contributed by atoms with Crippen LogP contribution < -0.4 is 10.6 Å². The Balaban J connectivity index is 1.90. The lowest BCUT2D eigenvalue weighted by molar-refractivity contribution is -0.385. The second-order valence-corrected chi connectivity index (χ2v) is 4.97. The third kappa shape index (κ3) is 4.50. The highest BCUT2D eigenvalue weighted by Crippen LogP contribution is 2.24. The van der Waals surface area contributed by atoms with Crippen LogP contribution in [0, 0.1) is 22.9 Å². The Morgan fingerprint density at radius 2 is 2.00 bits per heavy atom. The van der Waals surface area contributed by atoms with Gasteiger partial charge in [-0.2, -0.15) is 0 Å². The predicted octanol–water partition coefficient (Wildman–Crippen LogP) is 3.41. The summed E-state index contributed by atoms with van der Waals surface area (Å²) < 4.78 is 13.0. The molecule has 0 saturated heterocycles. The second kappa shape index (κ2) is 7.35. The highest BCUT2D eigenvalue weighted by atomic mass is 19.1. The Morgan fingerprint density at radius 3 is 2.70 bits per heavy atom. The van der Waals surface area contributed by atoms with Gasteiger partial charge in [-0.05, 0) is 37.1 Å². The minimum atomic E-state index is -0.498. The number of carbonyl (C=O) groups is 1. The van der Waals surface area contributed by atoms with Crippen LogP contribution in [-0.4, -0.2) is 17.5 Å². The van der Waals surface area contributed by atoms with Crippen LogP contribution in [0.25, 0.3) is 0 Å². The molecular weight excluding hydrogens is 301 g/mol. The molecule has 0 radical (unpaired) electrons. The lowest BCUT2D eigenvalue weighted by Crippen LogP contribution is -2.30. The van der Waals surface area contributed by atoms with E-state index >= 15 is 0 Å². The van der Waals surface area contributed by atoms with Crippen LogP contribution in [0.3, 0.4) is 0 Å². The topological polar surface area (TPSA) is 84.3 Å². The number of benzene rings is 2. The number of nitro groups is 1. The van der Waals surface area contributed by atoms with Crippen LogP contribution >= 0.6 is 0 Å². The van der Waals surface area contributed by atoms with Gasteiger partial charge in [0.2, 0.25) is 0 Å². The van der Waals surface area contributed by atoms with Crippen molar-refractivity contribution in [3.63, 3.8) is 0 Å². The first-order valence-electron chi connectivity index (χ1n) is 7.00. The van der Waals surface area contributed by atoms with E-state index in [1.165, 1.54) is 24.3 Å². The number of nitrogens with zero attached hydrogens (tertiary/aromatic N) is 1. The molecule has 0 aliphatic rings. The molecule has 0 fully saturated rings. The molecule has 0 saturated carbocycles. The number of carbonyl (C=O) groups excluding carboxylic acids is 1. The van der Waals surface area contributed by atoms with Crippen molar-refractivity contribution in [2.24, 2.45) is 0 Å². The van der Waals surface area contributed by atoms with Gasteiger partial charge < -0.3 is 10.6 Å². The van der Waals surface area contributed by atoms with Crippen molar-refractivity contribution in [1.29, 1.82) is 0 Å². The summed E-state index contributed by atoms with van der Waals surface area (Å²) in [4.78, 5) is 22.2. The standard InChI is InChI=1S/C16H16FN3O3/c1-11-14(6-3-7-15(11)20(22)23)19-16(21)18-9-8-12-4-2-5-13(17)10-12/h2-7,10H,8-9H2,1H3,(H2,18,19,21). The van der Waals surface area contributed by atoms with Gasteiger partial charge in [0.25, 0.3) is 5.69 Å². The number of nitrogens with one attached hydrogen (secondary N) is 2. The highest BCUT2D eigenvalue weighted by Gasteiger charge is 2.14. The summed E-state index contributed by atoms with van der Waals surface area (Å²) in [6.45, 7) is 1.89. The molecule has 2 amide bonds. The Kier molecular flexibility index (Phi) is 5.24. The van der Waals surface area contributed by atoms with Gasteiger partial charge in [-0.3, -0.25) is 10.1 Å². The average molecular weight is 317 g/mol. The van der Waals surface area contributed by atoms with Crippen molar-refractivity contribution in [2.45, 2.75) is 13.3 Å². The van der Waals surface area contributed by atoms with Crippen LogP contribution in [0.2, 0.25) is 0 Å². The molecule has 0 unspecified atom stereocenters. The number of rotatable bonds is 5. The fraction of sp³-hybridized carbons (Fsp3) is 0.188. The fourth-order valence-electron chi connectivity index (χ4n) is 2.14. The highest BCUT2D eigenvalue weighted by molar-refractivity contribution is 5.90. The molecule has 2 aromatic carbocycles. The fourth-order valence-corrected chi connectivity index (χ4v) is 2.14. The quantitative estimate of drug-likeness (QED) is 0.654. The van der Waals surface area contributed by atoms with E-state index in [1.807, 2.05) is 0 Å². The first-order chi connectivity index (χ1) is 11.0. The molecule has 0 aromatic heterocycles. The summed E-state index contributed by atoms with van der Waals surface area (Å²) in [7, 11) is 0. The molecule has 7 heteroatoms. The van der Waals surface area contributed by atoms with Gasteiger partial charge >= 0.3 is 6.03 Å². The largest absolute Gasteiger partial charge is 0.338 e. The van der Waals surface area contributed by atoms with E-state index in [9.17, 15) is 19.3 Å². The lowest BCUT2D eigenvalue weighted by atomic mass is 10.1. The van der Waals surface area contributed by atoms with Gasteiger partial charge in [-0.15, -0.1) is 0 Å². The van der Waals surface area contributed by atoms with Crippen molar-refractivity contribution >= 4 is 17.4 Å². The second-order valence-electron chi connectivity index (χ2n) is 4.97. The summed E-state index contributed by atoms with van der Waals surface area (Å²) in [5.74, 6) is -0.320. The van der Waals surface area contributed by atoms with Crippen molar-refractivity contribution < 1.29 is 14.1 Å². The smallest absolute Gasteiger partial charge is 0.319 e. The Hall–Kier alpha value is -2.96. The molecule has 0 heterocycles. The number of anilines is 1. The lowest BCUT2D eigenvalue weighted by Gasteiger charge is -2.10. The molecule has 0 bridgehead atoms. The van der Waals surface area contributed by atoms with E-state index < -0.39 is 11.0 Å². The number of halogens is 1.